The minimum absolute atomic E-state index is 0.147. The van der Waals surface area contributed by atoms with E-state index in [4.69, 9.17) is 0 Å². The summed E-state index contributed by atoms with van der Waals surface area (Å²) in [6.45, 7) is 2.84. The van der Waals surface area contributed by atoms with E-state index < -0.39 is 9.84 Å². The SMILES string of the molecule is CS(=O)(=O)c1ccc(C(=O)NC2CCN(Cc3ccccc3)CC2)cc1. The minimum Gasteiger partial charge on any atom is -0.349 e. The van der Waals surface area contributed by atoms with Crippen LogP contribution in [-0.2, 0) is 16.4 Å². The van der Waals surface area contributed by atoms with Crippen LogP contribution in [0.4, 0.5) is 0 Å². The molecule has 1 saturated heterocycles. The van der Waals surface area contributed by atoms with Crippen molar-refractivity contribution in [3.05, 3.63) is 65.7 Å². The molecule has 0 radical (unpaired) electrons. The number of piperidine rings is 1. The first-order valence-corrected chi connectivity index (χ1v) is 10.7. The molecule has 0 saturated carbocycles. The Labute approximate surface area is 154 Å². The van der Waals surface area contributed by atoms with Gasteiger partial charge in [-0.25, -0.2) is 8.42 Å². The molecule has 3 rings (SSSR count). The van der Waals surface area contributed by atoms with Crippen molar-refractivity contribution in [3.8, 4) is 0 Å². The fraction of sp³-hybridized carbons (Fsp3) is 0.350. The maximum Gasteiger partial charge on any atom is 0.251 e. The molecule has 1 heterocycles. The molecule has 1 amide bonds. The van der Waals surface area contributed by atoms with Crippen LogP contribution in [0.3, 0.4) is 0 Å². The summed E-state index contributed by atoms with van der Waals surface area (Å²) >= 11 is 0. The molecule has 138 valence electrons. The van der Waals surface area contributed by atoms with E-state index in [1.165, 1.54) is 17.7 Å². The van der Waals surface area contributed by atoms with Crippen molar-refractivity contribution in [3.63, 3.8) is 0 Å². The number of carbonyl (C=O) groups is 1. The molecule has 0 unspecified atom stereocenters. The Morgan fingerprint density at radius 2 is 1.65 bits per heavy atom. The van der Waals surface area contributed by atoms with Crippen molar-refractivity contribution in [1.82, 2.24) is 10.2 Å². The molecule has 26 heavy (non-hydrogen) atoms. The fourth-order valence-corrected chi connectivity index (χ4v) is 3.83. The number of nitrogens with one attached hydrogen (secondary N) is 1. The molecule has 1 fully saturated rings. The first kappa shape index (κ1) is 18.6. The topological polar surface area (TPSA) is 66.5 Å². The van der Waals surface area contributed by atoms with Crippen LogP contribution < -0.4 is 5.32 Å². The zero-order valence-electron chi connectivity index (χ0n) is 14.9. The number of rotatable bonds is 5. The first-order valence-electron chi connectivity index (χ1n) is 8.79. The number of hydrogen-bond acceptors (Lipinski definition) is 4. The van der Waals surface area contributed by atoms with Crippen molar-refractivity contribution < 1.29 is 13.2 Å². The molecular formula is C20H24N2O3S. The van der Waals surface area contributed by atoms with Gasteiger partial charge in [0.1, 0.15) is 0 Å². The van der Waals surface area contributed by atoms with Gasteiger partial charge >= 0.3 is 0 Å². The number of likely N-dealkylation sites (tertiary alicyclic amines) is 1. The van der Waals surface area contributed by atoms with E-state index in [0.717, 1.165) is 38.7 Å². The van der Waals surface area contributed by atoms with Crippen LogP contribution in [0, 0.1) is 0 Å². The predicted octanol–water partition coefficient (Wildman–Crippen LogP) is 2.48. The van der Waals surface area contributed by atoms with E-state index in [9.17, 15) is 13.2 Å². The van der Waals surface area contributed by atoms with Crippen LogP contribution in [0.5, 0.6) is 0 Å². The van der Waals surface area contributed by atoms with Crippen molar-refractivity contribution >= 4 is 15.7 Å². The third-order valence-corrected chi connectivity index (χ3v) is 5.84. The normalized spacial score (nSPS) is 16.3. The number of hydrogen-bond donors (Lipinski definition) is 1. The van der Waals surface area contributed by atoms with Gasteiger partial charge in [0.05, 0.1) is 4.90 Å². The largest absolute Gasteiger partial charge is 0.349 e. The van der Waals surface area contributed by atoms with Crippen molar-refractivity contribution in [2.24, 2.45) is 0 Å². The number of benzene rings is 2. The van der Waals surface area contributed by atoms with Crippen molar-refractivity contribution in [1.29, 1.82) is 0 Å². The zero-order valence-corrected chi connectivity index (χ0v) is 15.7. The smallest absolute Gasteiger partial charge is 0.251 e. The Morgan fingerprint density at radius 3 is 2.23 bits per heavy atom. The van der Waals surface area contributed by atoms with Gasteiger partial charge in [-0.2, -0.15) is 0 Å². The molecular weight excluding hydrogens is 348 g/mol. The van der Waals surface area contributed by atoms with Gasteiger partial charge in [-0.1, -0.05) is 30.3 Å². The Bertz CT molecular complexity index is 840. The van der Waals surface area contributed by atoms with Gasteiger partial charge in [0.2, 0.25) is 0 Å². The van der Waals surface area contributed by atoms with Gasteiger partial charge in [0, 0.05) is 37.5 Å². The maximum atomic E-state index is 12.4. The Hall–Kier alpha value is -2.18. The van der Waals surface area contributed by atoms with Crippen LogP contribution in [-0.4, -0.2) is 44.6 Å². The summed E-state index contributed by atoms with van der Waals surface area (Å²) < 4.78 is 23.0. The average molecular weight is 372 g/mol. The molecule has 0 bridgehead atoms. The predicted molar refractivity (Wildman–Crippen MR) is 102 cm³/mol. The second kappa shape index (κ2) is 8.01. The highest BCUT2D eigenvalue weighted by molar-refractivity contribution is 7.90. The number of carbonyl (C=O) groups excluding carboxylic acids is 1. The van der Waals surface area contributed by atoms with E-state index in [2.05, 4.69) is 34.5 Å². The highest BCUT2D eigenvalue weighted by Gasteiger charge is 2.21. The second-order valence-electron chi connectivity index (χ2n) is 6.81. The standard InChI is InChI=1S/C20H24N2O3S/c1-26(24,25)19-9-7-17(8-10-19)20(23)21-18-11-13-22(14-12-18)15-16-5-3-2-4-6-16/h2-10,18H,11-15H2,1H3,(H,21,23). The van der Waals surface area contributed by atoms with Crippen molar-refractivity contribution in [2.45, 2.75) is 30.3 Å². The summed E-state index contributed by atoms with van der Waals surface area (Å²) in [6.07, 6.45) is 2.99. The fourth-order valence-electron chi connectivity index (χ4n) is 3.20. The molecule has 6 heteroatoms. The van der Waals surface area contributed by atoms with Crippen LogP contribution in [0.2, 0.25) is 0 Å². The van der Waals surface area contributed by atoms with E-state index in [-0.39, 0.29) is 16.8 Å². The van der Waals surface area contributed by atoms with Crippen LogP contribution >= 0.6 is 0 Å². The second-order valence-corrected chi connectivity index (χ2v) is 8.82. The maximum absolute atomic E-state index is 12.4. The molecule has 2 aromatic carbocycles. The Kier molecular flexibility index (Phi) is 5.74. The molecule has 1 aliphatic heterocycles. The zero-order chi connectivity index (χ0) is 18.6. The van der Waals surface area contributed by atoms with Gasteiger partial charge in [-0.3, -0.25) is 9.69 Å². The summed E-state index contributed by atoms with van der Waals surface area (Å²) in [7, 11) is -3.24. The summed E-state index contributed by atoms with van der Waals surface area (Å²) in [5.74, 6) is -0.147. The average Bonchev–Trinajstić information content (AvgIpc) is 2.63. The highest BCUT2D eigenvalue weighted by atomic mass is 32.2. The van der Waals surface area contributed by atoms with E-state index in [1.54, 1.807) is 12.1 Å². The third-order valence-electron chi connectivity index (χ3n) is 4.72. The molecule has 0 aromatic heterocycles. The molecule has 0 aliphatic carbocycles. The van der Waals surface area contributed by atoms with Gasteiger partial charge in [0.25, 0.3) is 5.91 Å². The van der Waals surface area contributed by atoms with Gasteiger partial charge < -0.3 is 5.32 Å². The van der Waals surface area contributed by atoms with Gasteiger partial charge in [-0.05, 0) is 42.7 Å². The number of sulfone groups is 1. The molecule has 1 N–H and O–H groups in total. The quantitative estimate of drug-likeness (QED) is 0.876. The molecule has 2 aromatic rings. The number of nitrogens with zero attached hydrogens (tertiary/aromatic N) is 1. The lowest BCUT2D eigenvalue weighted by Crippen LogP contribution is -2.44. The number of amides is 1. The van der Waals surface area contributed by atoms with Crippen LogP contribution in [0.25, 0.3) is 0 Å². The minimum atomic E-state index is -3.24. The van der Waals surface area contributed by atoms with Crippen molar-refractivity contribution in [2.75, 3.05) is 19.3 Å². The lowest BCUT2D eigenvalue weighted by molar-refractivity contribution is 0.0909. The van der Waals surface area contributed by atoms with E-state index in [1.807, 2.05) is 6.07 Å². The van der Waals surface area contributed by atoms with Gasteiger partial charge in [-0.15, -0.1) is 0 Å². The summed E-state index contributed by atoms with van der Waals surface area (Å²) in [5.41, 5.74) is 1.80. The van der Waals surface area contributed by atoms with Crippen LogP contribution in [0.15, 0.2) is 59.5 Å². The van der Waals surface area contributed by atoms with Gasteiger partial charge in [0.15, 0.2) is 9.84 Å². The molecule has 0 atom stereocenters. The van der Waals surface area contributed by atoms with Crippen LogP contribution in [0.1, 0.15) is 28.8 Å². The molecule has 0 spiro atoms. The highest BCUT2D eigenvalue weighted by Crippen LogP contribution is 2.15. The van der Waals surface area contributed by atoms with E-state index >= 15 is 0 Å². The lowest BCUT2D eigenvalue weighted by atomic mass is 10.0. The summed E-state index contributed by atoms with van der Waals surface area (Å²) in [4.78, 5) is 15.0. The summed E-state index contributed by atoms with van der Waals surface area (Å²) in [6, 6.07) is 16.6. The first-order chi connectivity index (χ1) is 12.4. The third kappa shape index (κ3) is 4.93. The lowest BCUT2D eigenvalue weighted by Gasteiger charge is -2.32. The molecule has 1 aliphatic rings. The molecule has 5 nitrogen and oxygen atoms in total. The monoisotopic (exact) mass is 372 g/mol. The van der Waals surface area contributed by atoms with E-state index in [0.29, 0.717) is 5.56 Å². The summed E-state index contributed by atoms with van der Waals surface area (Å²) in [5, 5.41) is 3.06. The Morgan fingerprint density at radius 1 is 1.04 bits per heavy atom. The Balaban J connectivity index is 1.50.